The van der Waals surface area contributed by atoms with Crippen molar-refractivity contribution in [2.75, 3.05) is 6.54 Å². The zero-order chi connectivity index (χ0) is 19.8. The lowest BCUT2D eigenvalue weighted by Crippen LogP contribution is -2.30. The molecule has 0 aliphatic carbocycles. The Morgan fingerprint density at radius 2 is 1.69 bits per heavy atom. The molecule has 2 heterocycles. The first-order chi connectivity index (χ1) is 14.1. The van der Waals surface area contributed by atoms with Crippen LogP contribution in [0.3, 0.4) is 0 Å². The van der Waals surface area contributed by atoms with Gasteiger partial charge < -0.3 is 4.52 Å². The van der Waals surface area contributed by atoms with Gasteiger partial charge in [-0.15, -0.1) is 0 Å². The topological polar surface area (TPSA) is 76.3 Å². The maximum absolute atomic E-state index is 13.4. The number of aromatic nitrogens is 2. The summed E-state index contributed by atoms with van der Waals surface area (Å²) in [7, 11) is -3.68. The van der Waals surface area contributed by atoms with Gasteiger partial charge in [-0.1, -0.05) is 65.8 Å². The van der Waals surface area contributed by atoms with Crippen LogP contribution in [0.1, 0.15) is 24.8 Å². The van der Waals surface area contributed by atoms with Crippen molar-refractivity contribution in [2.45, 2.75) is 23.8 Å². The first kappa shape index (κ1) is 18.0. The highest BCUT2D eigenvalue weighted by Crippen LogP contribution is 2.37. The molecular weight excluding hydrogens is 386 g/mol. The van der Waals surface area contributed by atoms with E-state index in [1.807, 2.05) is 60.7 Å². The number of sulfonamides is 1. The number of fused-ring (bicyclic) bond motifs is 1. The Labute approximate surface area is 168 Å². The third kappa shape index (κ3) is 3.22. The molecule has 1 fully saturated rings. The molecule has 5 rings (SSSR count). The minimum atomic E-state index is -3.68. The van der Waals surface area contributed by atoms with Crippen molar-refractivity contribution in [3.8, 4) is 11.4 Å². The normalized spacial score (nSPS) is 17.7. The van der Waals surface area contributed by atoms with Crippen molar-refractivity contribution in [2.24, 2.45) is 0 Å². The van der Waals surface area contributed by atoms with Crippen LogP contribution in [0, 0.1) is 0 Å². The summed E-state index contributed by atoms with van der Waals surface area (Å²) in [6, 6.07) is 22.0. The van der Waals surface area contributed by atoms with Gasteiger partial charge in [0.05, 0.1) is 4.90 Å². The predicted octanol–water partition coefficient (Wildman–Crippen LogP) is 4.42. The van der Waals surface area contributed by atoms with E-state index >= 15 is 0 Å². The van der Waals surface area contributed by atoms with Crippen molar-refractivity contribution in [1.29, 1.82) is 0 Å². The molecule has 4 aromatic rings. The Kier molecular flexibility index (Phi) is 4.41. The van der Waals surface area contributed by atoms with E-state index in [-0.39, 0.29) is 4.90 Å². The van der Waals surface area contributed by atoms with Crippen LogP contribution in [0.4, 0.5) is 0 Å². The van der Waals surface area contributed by atoms with Gasteiger partial charge in [-0.2, -0.15) is 9.29 Å². The molecule has 29 heavy (non-hydrogen) atoms. The summed E-state index contributed by atoms with van der Waals surface area (Å²) < 4.78 is 33.7. The highest BCUT2D eigenvalue weighted by Gasteiger charge is 2.39. The first-order valence-electron chi connectivity index (χ1n) is 9.52. The smallest absolute Gasteiger partial charge is 0.245 e. The molecule has 1 aliphatic heterocycles. The minimum absolute atomic E-state index is 0.283. The van der Waals surface area contributed by atoms with Gasteiger partial charge in [-0.25, -0.2) is 8.42 Å². The zero-order valence-corrected chi connectivity index (χ0v) is 16.4. The summed E-state index contributed by atoms with van der Waals surface area (Å²) in [5, 5.41) is 5.96. The zero-order valence-electron chi connectivity index (χ0n) is 15.6. The maximum atomic E-state index is 13.4. The molecule has 0 bridgehead atoms. The standard InChI is InChI=1S/C22H19N3O3S/c26-29(27,19-13-12-16-7-4-5-10-18(16)15-19)25-14-6-11-20(25)22-23-21(24-28-22)17-8-2-1-3-9-17/h1-5,7-10,12-13,15,20H,6,11,14H2/t20-/m1/s1. The average molecular weight is 405 g/mol. The van der Waals surface area contributed by atoms with Gasteiger partial charge in [0.1, 0.15) is 6.04 Å². The fraction of sp³-hybridized carbons (Fsp3) is 0.182. The Bertz CT molecular complexity index is 1270. The quantitative estimate of drug-likeness (QED) is 0.502. The summed E-state index contributed by atoms with van der Waals surface area (Å²) in [4.78, 5) is 4.77. The number of nitrogens with zero attached hydrogens (tertiary/aromatic N) is 3. The first-order valence-corrected chi connectivity index (χ1v) is 11.0. The molecule has 0 N–H and O–H groups in total. The number of benzene rings is 3. The fourth-order valence-electron chi connectivity index (χ4n) is 3.81. The van der Waals surface area contributed by atoms with E-state index in [0.717, 1.165) is 22.8 Å². The van der Waals surface area contributed by atoms with Crippen molar-refractivity contribution in [3.05, 3.63) is 78.7 Å². The summed E-state index contributed by atoms with van der Waals surface area (Å²) in [5.41, 5.74) is 0.837. The predicted molar refractivity (Wildman–Crippen MR) is 110 cm³/mol. The second kappa shape index (κ2) is 7.09. The van der Waals surface area contributed by atoms with Crippen molar-refractivity contribution >= 4 is 20.8 Å². The largest absolute Gasteiger partial charge is 0.337 e. The Morgan fingerprint density at radius 1 is 0.931 bits per heavy atom. The van der Waals surface area contributed by atoms with E-state index in [0.29, 0.717) is 24.7 Å². The van der Waals surface area contributed by atoms with E-state index in [4.69, 9.17) is 4.52 Å². The highest BCUT2D eigenvalue weighted by atomic mass is 32.2. The lowest BCUT2D eigenvalue weighted by atomic mass is 10.1. The summed E-state index contributed by atoms with van der Waals surface area (Å²) >= 11 is 0. The molecule has 0 saturated carbocycles. The second-order valence-electron chi connectivity index (χ2n) is 7.10. The molecule has 1 aliphatic rings. The Morgan fingerprint density at radius 3 is 2.52 bits per heavy atom. The van der Waals surface area contributed by atoms with Crippen LogP contribution >= 0.6 is 0 Å². The Balaban J connectivity index is 1.49. The molecule has 146 valence electrons. The number of hydrogen-bond acceptors (Lipinski definition) is 5. The SMILES string of the molecule is O=S(=O)(c1ccc2ccccc2c1)N1CCC[C@@H]1c1nc(-c2ccccc2)no1. The molecule has 0 spiro atoms. The summed E-state index contributed by atoms with van der Waals surface area (Å²) in [6.45, 7) is 0.433. The van der Waals surface area contributed by atoms with Crippen LogP contribution < -0.4 is 0 Å². The molecule has 1 saturated heterocycles. The van der Waals surface area contributed by atoms with E-state index in [1.54, 1.807) is 12.1 Å². The van der Waals surface area contributed by atoms with Crippen molar-refractivity contribution in [3.63, 3.8) is 0 Å². The molecule has 0 amide bonds. The number of rotatable bonds is 4. The highest BCUT2D eigenvalue weighted by molar-refractivity contribution is 7.89. The van der Waals surface area contributed by atoms with Gasteiger partial charge in [0.25, 0.3) is 0 Å². The maximum Gasteiger partial charge on any atom is 0.245 e. The molecular formula is C22H19N3O3S. The molecule has 3 aromatic carbocycles. The summed E-state index contributed by atoms with van der Waals surface area (Å²) in [6.07, 6.45) is 1.41. The van der Waals surface area contributed by atoms with Crippen LogP contribution in [0.15, 0.2) is 82.2 Å². The Hall–Kier alpha value is -3.03. The lowest BCUT2D eigenvalue weighted by molar-refractivity contribution is 0.290. The van der Waals surface area contributed by atoms with Crippen LogP contribution in [-0.2, 0) is 10.0 Å². The third-order valence-corrected chi connectivity index (χ3v) is 7.19. The summed E-state index contributed by atoms with van der Waals surface area (Å²) in [5.74, 6) is 0.807. The van der Waals surface area contributed by atoms with Crippen LogP contribution in [0.5, 0.6) is 0 Å². The van der Waals surface area contributed by atoms with E-state index in [1.165, 1.54) is 4.31 Å². The number of hydrogen-bond donors (Lipinski definition) is 0. The molecule has 6 nitrogen and oxygen atoms in total. The molecule has 0 radical (unpaired) electrons. The van der Waals surface area contributed by atoms with Crippen LogP contribution in [0.2, 0.25) is 0 Å². The third-order valence-electron chi connectivity index (χ3n) is 5.29. The monoisotopic (exact) mass is 405 g/mol. The van der Waals surface area contributed by atoms with Crippen molar-refractivity contribution < 1.29 is 12.9 Å². The second-order valence-corrected chi connectivity index (χ2v) is 9.00. The molecule has 0 unspecified atom stereocenters. The van der Waals surface area contributed by atoms with E-state index in [2.05, 4.69) is 10.1 Å². The molecule has 1 atom stereocenters. The van der Waals surface area contributed by atoms with Gasteiger partial charge in [-0.3, -0.25) is 0 Å². The molecule has 7 heteroatoms. The van der Waals surface area contributed by atoms with E-state index in [9.17, 15) is 8.42 Å². The van der Waals surface area contributed by atoms with Gasteiger partial charge in [0.15, 0.2) is 0 Å². The van der Waals surface area contributed by atoms with Crippen LogP contribution in [0.25, 0.3) is 22.2 Å². The lowest BCUT2D eigenvalue weighted by Gasteiger charge is -2.21. The van der Waals surface area contributed by atoms with Gasteiger partial charge in [0, 0.05) is 12.1 Å². The van der Waals surface area contributed by atoms with Gasteiger partial charge >= 0.3 is 0 Å². The molecule has 1 aromatic heterocycles. The fourth-order valence-corrected chi connectivity index (χ4v) is 5.50. The van der Waals surface area contributed by atoms with Crippen LogP contribution in [-0.4, -0.2) is 29.4 Å². The average Bonchev–Trinajstić information content (AvgIpc) is 3.44. The van der Waals surface area contributed by atoms with Crippen molar-refractivity contribution in [1.82, 2.24) is 14.4 Å². The minimum Gasteiger partial charge on any atom is -0.337 e. The van der Waals surface area contributed by atoms with E-state index < -0.39 is 16.1 Å². The van der Waals surface area contributed by atoms with Gasteiger partial charge in [0.2, 0.25) is 21.7 Å². The van der Waals surface area contributed by atoms with Gasteiger partial charge in [-0.05, 0) is 35.7 Å².